The van der Waals surface area contributed by atoms with Gasteiger partial charge < -0.3 is 9.47 Å². The minimum absolute atomic E-state index is 0.187. The highest BCUT2D eigenvalue weighted by atomic mass is 32.1. The zero-order valence-corrected chi connectivity index (χ0v) is 18.2. The first-order valence-electron chi connectivity index (χ1n) is 10.4. The lowest BCUT2D eigenvalue weighted by Crippen LogP contribution is -2.46. The van der Waals surface area contributed by atoms with Crippen molar-refractivity contribution >= 4 is 12.6 Å². The summed E-state index contributed by atoms with van der Waals surface area (Å²) in [6.07, 6.45) is 12.8. The van der Waals surface area contributed by atoms with Gasteiger partial charge in [0.2, 0.25) is 0 Å². The summed E-state index contributed by atoms with van der Waals surface area (Å²) in [6, 6.07) is 0. The molecule has 0 amide bonds. The van der Waals surface area contributed by atoms with Crippen LogP contribution < -0.4 is 0 Å². The first kappa shape index (κ1) is 24.3. The van der Waals surface area contributed by atoms with Crippen molar-refractivity contribution in [2.75, 3.05) is 5.75 Å². The summed E-state index contributed by atoms with van der Waals surface area (Å²) in [5, 5.41) is 0. The van der Waals surface area contributed by atoms with E-state index < -0.39 is 5.79 Å². The quantitative estimate of drug-likeness (QED) is 0.181. The van der Waals surface area contributed by atoms with Crippen LogP contribution in [-0.2, 0) is 9.47 Å². The molecule has 0 aromatic rings. The van der Waals surface area contributed by atoms with E-state index in [1.807, 2.05) is 0 Å². The van der Waals surface area contributed by atoms with Gasteiger partial charge in [-0.3, -0.25) is 0 Å². The molecule has 0 rings (SSSR count). The van der Waals surface area contributed by atoms with Crippen molar-refractivity contribution < 1.29 is 9.47 Å². The van der Waals surface area contributed by atoms with Gasteiger partial charge in [-0.2, -0.15) is 12.6 Å². The van der Waals surface area contributed by atoms with Gasteiger partial charge in [-0.1, -0.05) is 52.4 Å². The zero-order chi connectivity index (χ0) is 18.4. The average Bonchev–Trinajstić information content (AvgIpc) is 2.51. The highest BCUT2D eigenvalue weighted by molar-refractivity contribution is 7.80. The monoisotopic (exact) mass is 360 g/mol. The first-order chi connectivity index (χ1) is 11.4. The summed E-state index contributed by atoms with van der Waals surface area (Å²) in [7, 11) is 0. The third-order valence-corrected chi connectivity index (χ3v) is 4.92. The molecular formula is C21H44O2S. The third-order valence-electron chi connectivity index (χ3n) is 4.60. The van der Waals surface area contributed by atoms with E-state index in [0.29, 0.717) is 5.92 Å². The number of hydrogen-bond donors (Lipinski definition) is 1. The van der Waals surface area contributed by atoms with E-state index in [4.69, 9.17) is 9.47 Å². The van der Waals surface area contributed by atoms with Crippen LogP contribution >= 0.6 is 12.6 Å². The van der Waals surface area contributed by atoms with Crippen LogP contribution in [0.25, 0.3) is 0 Å². The molecule has 0 aliphatic rings. The molecule has 0 heterocycles. The van der Waals surface area contributed by atoms with Crippen LogP contribution in [0.2, 0.25) is 0 Å². The molecule has 0 radical (unpaired) electrons. The molecule has 0 aliphatic carbocycles. The molecule has 0 aromatic carbocycles. The van der Waals surface area contributed by atoms with E-state index in [1.165, 1.54) is 44.9 Å². The van der Waals surface area contributed by atoms with Crippen LogP contribution in [-0.4, -0.2) is 23.7 Å². The summed E-state index contributed by atoms with van der Waals surface area (Å²) in [5.74, 6) is 0.968. The van der Waals surface area contributed by atoms with Crippen LogP contribution in [0.5, 0.6) is 0 Å². The van der Waals surface area contributed by atoms with Crippen molar-refractivity contribution in [1.82, 2.24) is 0 Å². The first-order valence-corrected chi connectivity index (χ1v) is 11.0. The van der Waals surface area contributed by atoms with E-state index in [1.54, 1.807) is 0 Å². The highest BCUT2D eigenvalue weighted by Crippen LogP contribution is 2.37. The molecule has 146 valence electrons. The van der Waals surface area contributed by atoms with Gasteiger partial charge in [0, 0.05) is 5.92 Å². The summed E-state index contributed by atoms with van der Waals surface area (Å²) in [5.41, 5.74) is 0. The molecule has 3 heteroatoms. The van der Waals surface area contributed by atoms with Gasteiger partial charge in [0.1, 0.15) is 0 Å². The lowest BCUT2D eigenvalue weighted by atomic mass is 9.86. The normalized spacial score (nSPS) is 13.9. The summed E-state index contributed by atoms with van der Waals surface area (Å²) in [6.45, 7) is 13.0. The summed E-state index contributed by atoms with van der Waals surface area (Å²) in [4.78, 5) is 0. The van der Waals surface area contributed by atoms with Gasteiger partial charge in [-0.15, -0.1) is 0 Å². The zero-order valence-electron chi connectivity index (χ0n) is 17.3. The molecule has 0 saturated heterocycles. The predicted molar refractivity (Wildman–Crippen MR) is 110 cm³/mol. The minimum Gasteiger partial charge on any atom is -0.347 e. The molecule has 0 aliphatic heterocycles. The van der Waals surface area contributed by atoms with Crippen LogP contribution in [0.15, 0.2) is 0 Å². The Hall–Kier alpha value is 0.270. The number of rotatable bonds is 16. The van der Waals surface area contributed by atoms with Crippen LogP contribution in [0, 0.1) is 5.92 Å². The predicted octanol–water partition coefficient (Wildman–Crippen LogP) is 7.02. The molecule has 0 saturated carbocycles. The number of ether oxygens (including phenoxy) is 2. The van der Waals surface area contributed by atoms with Crippen molar-refractivity contribution in [3.8, 4) is 0 Å². The van der Waals surface area contributed by atoms with Gasteiger partial charge in [-0.25, -0.2) is 0 Å². The molecule has 2 nitrogen and oxygen atoms in total. The van der Waals surface area contributed by atoms with E-state index in [0.717, 1.165) is 25.0 Å². The highest BCUT2D eigenvalue weighted by Gasteiger charge is 2.40. The Morgan fingerprint density at radius 1 is 0.750 bits per heavy atom. The van der Waals surface area contributed by atoms with Gasteiger partial charge in [0.15, 0.2) is 5.79 Å². The lowest BCUT2D eigenvalue weighted by Gasteiger charge is -2.43. The summed E-state index contributed by atoms with van der Waals surface area (Å²) < 4.78 is 12.8. The van der Waals surface area contributed by atoms with Crippen molar-refractivity contribution in [2.24, 2.45) is 5.92 Å². The topological polar surface area (TPSA) is 18.5 Å². The smallest absolute Gasteiger partial charge is 0.171 e. The molecule has 0 fully saturated rings. The van der Waals surface area contributed by atoms with Crippen molar-refractivity contribution in [3.05, 3.63) is 0 Å². The fourth-order valence-electron chi connectivity index (χ4n) is 3.57. The van der Waals surface area contributed by atoms with E-state index in [9.17, 15) is 0 Å². The van der Waals surface area contributed by atoms with Gasteiger partial charge in [-0.05, 0) is 59.1 Å². The number of hydrogen-bond acceptors (Lipinski definition) is 3. The van der Waals surface area contributed by atoms with Crippen LogP contribution in [0.4, 0.5) is 0 Å². The molecule has 0 N–H and O–H groups in total. The third kappa shape index (κ3) is 10.3. The number of thiol groups is 1. The van der Waals surface area contributed by atoms with Gasteiger partial charge >= 0.3 is 0 Å². The standard InChI is InChI=1S/C21H44O2S/c1-7-9-10-11-12-13-15-20(16-14-17-24)21(8-2,22-18(3)4)23-19(5)6/h18-20,24H,7-17H2,1-6H3. The van der Waals surface area contributed by atoms with Crippen LogP contribution in [0.3, 0.4) is 0 Å². The Labute approximate surface area is 157 Å². The van der Waals surface area contributed by atoms with E-state index in [-0.39, 0.29) is 12.2 Å². The maximum atomic E-state index is 6.41. The molecule has 1 unspecified atom stereocenters. The fraction of sp³-hybridized carbons (Fsp3) is 1.00. The largest absolute Gasteiger partial charge is 0.347 e. The molecule has 0 spiro atoms. The Morgan fingerprint density at radius 2 is 1.25 bits per heavy atom. The molecule has 1 atom stereocenters. The van der Waals surface area contributed by atoms with Gasteiger partial charge in [0.05, 0.1) is 12.2 Å². The second kappa shape index (κ2) is 14.4. The second-order valence-corrected chi connectivity index (χ2v) is 8.07. The minimum atomic E-state index is -0.436. The summed E-state index contributed by atoms with van der Waals surface area (Å²) >= 11 is 4.43. The molecular weight excluding hydrogens is 316 g/mol. The Balaban J connectivity index is 4.86. The molecule has 0 aromatic heterocycles. The maximum absolute atomic E-state index is 6.41. The van der Waals surface area contributed by atoms with E-state index >= 15 is 0 Å². The van der Waals surface area contributed by atoms with E-state index in [2.05, 4.69) is 54.2 Å². The van der Waals surface area contributed by atoms with Crippen molar-refractivity contribution in [1.29, 1.82) is 0 Å². The average molecular weight is 361 g/mol. The Kier molecular flexibility index (Phi) is 14.6. The lowest BCUT2D eigenvalue weighted by molar-refractivity contribution is -0.299. The fourth-order valence-corrected chi connectivity index (χ4v) is 3.75. The second-order valence-electron chi connectivity index (χ2n) is 7.62. The number of unbranched alkanes of at least 4 members (excludes halogenated alkanes) is 5. The van der Waals surface area contributed by atoms with Crippen molar-refractivity contribution in [3.63, 3.8) is 0 Å². The maximum Gasteiger partial charge on any atom is 0.171 e. The molecule has 0 bridgehead atoms. The Bertz CT molecular complexity index is 269. The van der Waals surface area contributed by atoms with Crippen LogP contribution in [0.1, 0.15) is 106 Å². The van der Waals surface area contributed by atoms with Crippen molar-refractivity contribution in [2.45, 2.75) is 124 Å². The Morgan fingerprint density at radius 3 is 1.71 bits per heavy atom. The SMILES string of the molecule is CCCCCCCCC(CCCS)C(CC)(OC(C)C)OC(C)C. The van der Waals surface area contributed by atoms with Gasteiger partial charge in [0.25, 0.3) is 0 Å². The molecule has 24 heavy (non-hydrogen) atoms.